The van der Waals surface area contributed by atoms with E-state index in [1.165, 1.54) is 30.9 Å². The Bertz CT molecular complexity index is 823. The van der Waals surface area contributed by atoms with Crippen LogP contribution in [0.15, 0.2) is 47.5 Å². The van der Waals surface area contributed by atoms with Crippen molar-refractivity contribution in [3.63, 3.8) is 0 Å². The molecule has 1 aliphatic carbocycles. The third kappa shape index (κ3) is 6.42. The molecule has 0 fully saturated rings. The fourth-order valence-corrected chi connectivity index (χ4v) is 3.03. The van der Waals surface area contributed by atoms with Gasteiger partial charge in [0, 0.05) is 24.4 Å². The first-order chi connectivity index (χ1) is 12.6. The molecule has 0 heterocycles. The van der Waals surface area contributed by atoms with Crippen LogP contribution in [0.4, 0.5) is 11.4 Å². The Balaban J connectivity index is 0.00000261. The Morgan fingerprint density at radius 3 is 2.70 bits per heavy atom. The molecule has 0 bridgehead atoms. The van der Waals surface area contributed by atoms with E-state index in [1.54, 1.807) is 6.07 Å². The SMILES string of the molecule is CC(=O)Nc1cccc(OCCN=C(N)Nc2ccc3c(c2)CCC3)c1.I. The lowest BCUT2D eigenvalue weighted by atomic mass is 10.1. The summed E-state index contributed by atoms with van der Waals surface area (Å²) in [5, 5.41) is 5.85. The molecule has 7 heteroatoms. The lowest BCUT2D eigenvalue weighted by molar-refractivity contribution is -0.114. The van der Waals surface area contributed by atoms with Gasteiger partial charge in [-0.15, -0.1) is 24.0 Å². The second kappa shape index (κ2) is 10.1. The average molecular weight is 480 g/mol. The quantitative estimate of drug-likeness (QED) is 0.255. The number of carbonyl (C=O) groups excluding carboxylic acids is 1. The van der Waals surface area contributed by atoms with Crippen LogP contribution >= 0.6 is 24.0 Å². The van der Waals surface area contributed by atoms with E-state index in [1.807, 2.05) is 24.3 Å². The molecule has 0 radical (unpaired) electrons. The van der Waals surface area contributed by atoms with Crippen molar-refractivity contribution >= 4 is 47.2 Å². The first-order valence-electron chi connectivity index (χ1n) is 8.79. The number of fused-ring (bicyclic) bond motifs is 1. The first-order valence-corrected chi connectivity index (χ1v) is 8.79. The van der Waals surface area contributed by atoms with Crippen molar-refractivity contribution in [2.75, 3.05) is 23.8 Å². The van der Waals surface area contributed by atoms with E-state index in [0.29, 0.717) is 30.5 Å². The van der Waals surface area contributed by atoms with Crippen LogP contribution < -0.4 is 21.1 Å². The molecule has 0 saturated carbocycles. The summed E-state index contributed by atoms with van der Waals surface area (Å²) in [5.74, 6) is 0.937. The van der Waals surface area contributed by atoms with E-state index < -0.39 is 0 Å². The van der Waals surface area contributed by atoms with Gasteiger partial charge in [0.25, 0.3) is 0 Å². The molecule has 144 valence electrons. The van der Waals surface area contributed by atoms with Crippen LogP contribution in [0.2, 0.25) is 0 Å². The normalized spacial score (nSPS) is 12.7. The van der Waals surface area contributed by atoms with Gasteiger partial charge in [0.2, 0.25) is 5.91 Å². The zero-order valence-electron chi connectivity index (χ0n) is 15.3. The van der Waals surface area contributed by atoms with Crippen molar-refractivity contribution in [3.05, 3.63) is 53.6 Å². The highest BCUT2D eigenvalue weighted by Crippen LogP contribution is 2.24. The molecule has 0 aliphatic heterocycles. The van der Waals surface area contributed by atoms with Crippen LogP contribution in [0.3, 0.4) is 0 Å². The predicted octanol–water partition coefficient (Wildman–Crippen LogP) is 3.56. The summed E-state index contributed by atoms with van der Waals surface area (Å²) in [7, 11) is 0. The number of aliphatic imine (C=N–C) groups is 1. The maximum Gasteiger partial charge on any atom is 0.221 e. The number of nitrogens with two attached hydrogens (primary N) is 1. The standard InChI is InChI=1S/C20H24N4O2.HI/c1-14(25)23-17-6-3-7-19(13-17)26-11-10-22-20(21)24-18-9-8-15-4-2-5-16(15)12-18;/h3,6-9,12-13H,2,4-5,10-11H2,1H3,(H,23,25)(H3,21,22,24);1H. The number of nitrogens with zero attached hydrogens (tertiary/aromatic N) is 1. The third-order valence-electron chi connectivity index (χ3n) is 4.17. The van der Waals surface area contributed by atoms with Gasteiger partial charge in [-0.1, -0.05) is 12.1 Å². The molecule has 0 atom stereocenters. The highest BCUT2D eigenvalue weighted by atomic mass is 127. The Hall–Kier alpha value is -2.29. The average Bonchev–Trinajstić information content (AvgIpc) is 3.06. The smallest absolute Gasteiger partial charge is 0.221 e. The number of nitrogens with one attached hydrogen (secondary N) is 2. The number of halogens is 1. The summed E-state index contributed by atoms with van der Waals surface area (Å²) in [5.41, 5.74) is 10.4. The van der Waals surface area contributed by atoms with Crippen LogP contribution in [0, 0.1) is 0 Å². The molecule has 0 saturated heterocycles. The summed E-state index contributed by atoms with van der Waals surface area (Å²) in [6, 6.07) is 13.6. The van der Waals surface area contributed by atoms with E-state index in [4.69, 9.17) is 10.5 Å². The minimum Gasteiger partial charge on any atom is -0.492 e. The molecule has 4 N–H and O–H groups in total. The van der Waals surface area contributed by atoms with Gasteiger partial charge < -0.3 is 21.1 Å². The van der Waals surface area contributed by atoms with Gasteiger partial charge in [-0.05, 0) is 54.7 Å². The number of benzene rings is 2. The van der Waals surface area contributed by atoms with Crippen molar-refractivity contribution in [2.24, 2.45) is 10.7 Å². The minimum atomic E-state index is -0.114. The number of ether oxygens (including phenoxy) is 1. The van der Waals surface area contributed by atoms with Gasteiger partial charge in [0.05, 0.1) is 6.54 Å². The number of hydrogen-bond acceptors (Lipinski definition) is 3. The van der Waals surface area contributed by atoms with E-state index in [-0.39, 0.29) is 29.9 Å². The van der Waals surface area contributed by atoms with Crippen molar-refractivity contribution in [1.29, 1.82) is 0 Å². The molecule has 1 amide bonds. The summed E-state index contributed by atoms with van der Waals surface area (Å²) in [4.78, 5) is 15.4. The van der Waals surface area contributed by atoms with Gasteiger partial charge in [-0.2, -0.15) is 0 Å². The number of carbonyl (C=O) groups is 1. The van der Waals surface area contributed by atoms with Crippen LogP contribution in [0.1, 0.15) is 24.5 Å². The van der Waals surface area contributed by atoms with Gasteiger partial charge >= 0.3 is 0 Å². The molecule has 2 aromatic rings. The maximum atomic E-state index is 11.1. The first kappa shape index (κ1) is 21.0. The fourth-order valence-electron chi connectivity index (χ4n) is 3.03. The highest BCUT2D eigenvalue weighted by molar-refractivity contribution is 14.0. The topological polar surface area (TPSA) is 88.7 Å². The number of anilines is 2. The Morgan fingerprint density at radius 2 is 1.89 bits per heavy atom. The highest BCUT2D eigenvalue weighted by Gasteiger charge is 2.10. The number of aryl methyl sites for hydroxylation is 2. The number of amides is 1. The van der Waals surface area contributed by atoms with Gasteiger partial charge in [-0.25, -0.2) is 4.99 Å². The van der Waals surface area contributed by atoms with Gasteiger partial charge in [-0.3, -0.25) is 4.79 Å². The molecular weight excluding hydrogens is 455 g/mol. The fraction of sp³-hybridized carbons (Fsp3) is 0.300. The molecule has 27 heavy (non-hydrogen) atoms. The second-order valence-electron chi connectivity index (χ2n) is 6.29. The third-order valence-corrected chi connectivity index (χ3v) is 4.17. The minimum absolute atomic E-state index is 0. The Kier molecular flexibility index (Phi) is 7.90. The van der Waals surface area contributed by atoms with Crippen LogP contribution in [0.25, 0.3) is 0 Å². The van der Waals surface area contributed by atoms with Crippen molar-refractivity contribution in [2.45, 2.75) is 26.2 Å². The lowest BCUT2D eigenvalue weighted by Gasteiger charge is -2.09. The number of hydrogen-bond donors (Lipinski definition) is 3. The molecule has 0 aromatic heterocycles. The van der Waals surface area contributed by atoms with Crippen molar-refractivity contribution < 1.29 is 9.53 Å². The van der Waals surface area contributed by atoms with Crippen molar-refractivity contribution in [3.8, 4) is 5.75 Å². The summed E-state index contributed by atoms with van der Waals surface area (Å²) >= 11 is 0. The zero-order chi connectivity index (χ0) is 18.4. The monoisotopic (exact) mass is 480 g/mol. The molecule has 0 spiro atoms. The molecule has 3 rings (SSSR count). The maximum absolute atomic E-state index is 11.1. The van der Waals surface area contributed by atoms with Crippen LogP contribution in [0.5, 0.6) is 5.75 Å². The largest absolute Gasteiger partial charge is 0.492 e. The Morgan fingerprint density at radius 1 is 1.11 bits per heavy atom. The molecule has 1 aliphatic rings. The van der Waals surface area contributed by atoms with E-state index in [9.17, 15) is 4.79 Å². The molecule has 2 aromatic carbocycles. The predicted molar refractivity (Wildman–Crippen MR) is 120 cm³/mol. The number of guanidine groups is 1. The van der Waals surface area contributed by atoms with E-state index in [0.717, 1.165) is 12.1 Å². The van der Waals surface area contributed by atoms with Crippen molar-refractivity contribution in [1.82, 2.24) is 0 Å². The lowest BCUT2D eigenvalue weighted by Crippen LogP contribution is -2.23. The summed E-state index contributed by atoms with van der Waals surface area (Å²) in [6.07, 6.45) is 3.52. The molecular formula is C20H25IN4O2. The van der Waals surface area contributed by atoms with E-state index >= 15 is 0 Å². The zero-order valence-corrected chi connectivity index (χ0v) is 17.7. The second-order valence-corrected chi connectivity index (χ2v) is 6.29. The number of rotatable bonds is 6. The summed E-state index contributed by atoms with van der Waals surface area (Å²) < 4.78 is 5.65. The Labute approximate surface area is 176 Å². The molecule has 0 unspecified atom stereocenters. The summed E-state index contributed by atoms with van der Waals surface area (Å²) in [6.45, 7) is 2.31. The molecule has 6 nitrogen and oxygen atoms in total. The van der Waals surface area contributed by atoms with Crippen LogP contribution in [-0.4, -0.2) is 25.0 Å². The van der Waals surface area contributed by atoms with Gasteiger partial charge in [0.15, 0.2) is 5.96 Å². The van der Waals surface area contributed by atoms with Gasteiger partial charge in [0.1, 0.15) is 12.4 Å². The van der Waals surface area contributed by atoms with Crippen LogP contribution in [-0.2, 0) is 17.6 Å². The van der Waals surface area contributed by atoms with E-state index in [2.05, 4.69) is 27.8 Å².